The molecule has 0 radical (unpaired) electrons. The number of nitrogens with zero attached hydrogens (tertiary/aromatic N) is 2. The summed E-state index contributed by atoms with van der Waals surface area (Å²) in [6.07, 6.45) is 1.09. The number of aryl methyl sites for hydroxylation is 2. The fourth-order valence-corrected chi connectivity index (χ4v) is 6.34. The number of rotatable bonds is 14. The number of amides is 2. The second kappa shape index (κ2) is 15.6. The van der Waals surface area contributed by atoms with Gasteiger partial charge < -0.3 is 15.0 Å². The summed E-state index contributed by atoms with van der Waals surface area (Å²) in [5.74, 6) is 0.394. The average molecular weight is 642 g/mol. The highest BCUT2D eigenvalue weighted by Crippen LogP contribution is 2.29. The zero-order valence-corrected chi connectivity index (χ0v) is 28.0. The van der Waals surface area contributed by atoms with Gasteiger partial charge in [-0.2, -0.15) is 0 Å². The Morgan fingerprint density at radius 1 is 0.761 bits per heavy atom. The van der Waals surface area contributed by atoms with Crippen LogP contribution in [-0.4, -0.2) is 43.8 Å². The van der Waals surface area contributed by atoms with Gasteiger partial charge in [0.1, 0.15) is 24.1 Å². The van der Waals surface area contributed by atoms with Crippen LogP contribution in [0.3, 0.4) is 0 Å². The molecule has 4 rings (SSSR count). The largest absolute Gasteiger partial charge is 0.457 e. The van der Waals surface area contributed by atoms with Crippen LogP contribution >= 0.6 is 0 Å². The third-order valence-corrected chi connectivity index (χ3v) is 9.64. The lowest BCUT2D eigenvalue weighted by Gasteiger charge is -2.33. The molecule has 8 nitrogen and oxygen atoms in total. The van der Waals surface area contributed by atoms with Crippen LogP contribution in [0.2, 0.25) is 0 Å². The SMILES string of the molecule is CC[C@@H](C)NC(=O)[C@@H](CC)N(Cc1ccc(C)cc1)C(=O)CN(c1ccc(Oc2ccccc2)cc1)S(=O)(=O)c1ccc(C)cc1. The minimum absolute atomic E-state index is 0.0575. The van der Waals surface area contributed by atoms with Crippen LogP contribution in [0.1, 0.15) is 50.3 Å². The summed E-state index contributed by atoms with van der Waals surface area (Å²) in [4.78, 5) is 29.3. The third kappa shape index (κ3) is 8.75. The fourth-order valence-electron chi connectivity index (χ4n) is 4.92. The first kappa shape index (κ1) is 34.2. The molecule has 0 spiro atoms. The summed E-state index contributed by atoms with van der Waals surface area (Å²) in [7, 11) is -4.18. The Kier molecular flexibility index (Phi) is 11.6. The van der Waals surface area contributed by atoms with Crippen molar-refractivity contribution in [3.05, 3.63) is 120 Å². The standard InChI is InChI=1S/C37H43N3O5S/c1-6-29(5)38-37(42)35(7-2)39(25-30-17-13-27(3)14-18-30)36(41)26-40(46(43,44)34-23-15-28(4)16-24-34)31-19-21-33(22-20-31)45-32-11-9-8-10-12-32/h8-24,29,35H,6-7,25-26H2,1-5H3,(H,38,42)/t29-,35-/m1/s1. The first-order chi connectivity index (χ1) is 22.0. The molecule has 0 fully saturated rings. The van der Waals surface area contributed by atoms with E-state index in [0.29, 0.717) is 23.6 Å². The Labute approximate surface area is 273 Å². The Morgan fingerprint density at radius 2 is 1.33 bits per heavy atom. The van der Waals surface area contributed by atoms with Gasteiger partial charge in [0.2, 0.25) is 11.8 Å². The molecule has 1 N–H and O–H groups in total. The minimum Gasteiger partial charge on any atom is -0.457 e. The molecule has 0 aliphatic carbocycles. The van der Waals surface area contributed by atoms with E-state index in [0.717, 1.165) is 27.4 Å². The fraction of sp³-hybridized carbons (Fsp3) is 0.297. The lowest BCUT2D eigenvalue weighted by Crippen LogP contribution is -2.53. The molecule has 46 heavy (non-hydrogen) atoms. The van der Waals surface area contributed by atoms with E-state index in [1.807, 2.05) is 89.2 Å². The number of nitrogens with one attached hydrogen (secondary N) is 1. The molecule has 2 amide bonds. The number of benzene rings is 4. The first-order valence-corrected chi connectivity index (χ1v) is 17.0. The van der Waals surface area contributed by atoms with E-state index >= 15 is 0 Å². The van der Waals surface area contributed by atoms with Crippen molar-refractivity contribution >= 4 is 27.5 Å². The Hall–Kier alpha value is -4.63. The number of hydrogen-bond acceptors (Lipinski definition) is 5. The van der Waals surface area contributed by atoms with Gasteiger partial charge in [-0.05, 0) is 87.7 Å². The first-order valence-electron chi connectivity index (χ1n) is 15.6. The van der Waals surface area contributed by atoms with Gasteiger partial charge in [0.15, 0.2) is 0 Å². The van der Waals surface area contributed by atoms with Gasteiger partial charge in [-0.1, -0.05) is 79.6 Å². The quantitative estimate of drug-likeness (QED) is 0.160. The summed E-state index contributed by atoms with van der Waals surface area (Å²) >= 11 is 0. The molecule has 0 heterocycles. The van der Waals surface area contributed by atoms with Crippen molar-refractivity contribution in [2.45, 2.75) is 71.0 Å². The molecule has 0 saturated heterocycles. The highest BCUT2D eigenvalue weighted by atomic mass is 32.2. The van der Waals surface area contributed by atoms with E-state index in [-0.39, 0.29) is 23.4 Å². The van der Waals surface area contributed by atoms with Gasteiger partial charge in [-0.15, -0.1) is 0 Å². The van der Waals surface area contributed by atoms with E-state index < -0.39 is 28.5 Å². The van der Waals surface area contributed by atoms with Crippen molar-refractivity contribution in [3.63, 3.8) is 0 Å². The molecule has 4 aromatic rings. The second-order valence-electron chi connectivity index (χ2n) is 11.5. The van der Waals surface area contributed by atoms with Crippen molar-refractivity contribution in [2.24, 2.45) is 0 Å². The predicted octanol–water partition coefficient (Wildman–Crippen LogP) is 7.01. The molecule has 9 heteroatoms. The monoisotopic (exact) mass is 641 g/mol. The Balaban J connectivity index is 1.72. The number of sulfonamides is 1. The molecule has 2 atom stereocenters. The zero-order valence-electron chi connectivity index (χ0n) is 27.1. The Morgan fingerprint density at radius 3 is 1.89 bits per heavy atom. The van der Waals surface area contributed by atoms with Crippen LogP contribution in [-0.2, 0) is 26.2 Å². The lowest BCUT2D eigenvalue weighted by molar-refractivity contribution is -0.140. The van der Waals surface area contributed by atoms with Crippen molar-refractivity contribution in [3.8, 4) is 11.5 Å². The predicted molar refractivity (Wildman–Crippen MR) is 182 cm³/mol. The molecule has 0 bridgehead atoms. The van der Waals surface area contributed by atoms with Crippen LogP contribution in [0.4, 0.5) is 5.69 Å². The van der Waals surface area contributed by atoms with Crippen LogP contribution in [0.25, 0.3) is 0 Å². The van der Waals surface area contributed by atoms with Gasteiger partial charge in [0.25, 0.3) is 10.0 Å². The smallest absolute Gasteiger partial charge is 0.264 e. The molecule has 0 saturated carbocycles. The number of carbonyl (C=O) groups is 2. The molecule has 0 aliphatic rings. The van der Waals surface area contributed by atoms with Gasteiger partial charge in [-0.25, -0.2) is 8.42 Å². The molecule has 0 unspecified atom stereocenters. The highest BCUT2D eigenvalue weighted by molar-refractivity contribution is 7.92. The molecular weight excluding hydrogens is 598 g/mol. The van der Waals surface area contributed by atoms with Gasteiger partial charge in [-0.3, -0.25) is 13.9 Å². The van der Waals surface area contributed by atoms with E-state index in [4.69, 9.17) is 4.74 Å². The number of anilines is 1. The van der Waals surface area contributed by atoms with Crippen molar-refractivity contribution in [1.29, 1.82) is 0 Å². The van der Waals surface area contributed by atoms with Crippen molar-refractivity contribution < 1.29 is 22.7 Å². The number of ether oxygens (including phenoxy) is 1. The molecule has 0 aromatic heterocycles. The molecular formula is C37H43N3O5S. The summed E-state index contributed by atoms with van der Waals surface area (Å²) < 4.78 is 35.4. The van der Waals surface area contributed by atoms with E-state index in [1.54, 1.807) is 36.4 Å². The highest BCUT2D eigenvalue weighted by Gasteiger charge is 2.34. The Bertz CT molecular complexity index is 1690. The summed E-state index contributed by atoms with van der Waals surface area (Å²) in [6.45, 7) is 9.24. The van der Waals surface area contributed by atoms with Crippen LogP contribution in [0, 0.1) is 13.8 Å². The van der Waals surface area contributed by atoms with Crippen LogP contribution in [0.15, 0.2) is 108 Å². The van der Waals surface area contributed by atoms with Gasteiger partial charge in [0, 0.05) is 12.6 Å². The number of carbonyl (C=O) groups excluding carboxylic acids is 2. The summed E-state index contributed by atoms with van der Waals surface area (Å²) in [5, 5.41) is 3.00. The van der Waals surface area contributed by atoms with Gasteiger partial charge in [0.05, 0.1) is 10.6 Å². The lowest BCUT2D eigenvalue weighted by atomic mass is 10.1. The molecule has 0 aliphatic heterocycles. The topological polar surface area (TPSA) is 96.0 Å². The number of hydrogen-bond donors (Lipinski definition) is 1. The maximum Gasteiger partial charge on any atom is 0.264 e. The van der Waals surface area contributed by atoms with Crippen molar-refractivity contribution in [2.75, 3.05) is 10.8 Å². The van der Waals surface area contributed by atoms with Gasteiger partial charge >= 0.3 is 0 Å². The van der Waals surface area contributed by atoms with Crippen LogP contribution < -0.4 is 14.4 Å². The maximum absolute atomic E-state index is 14.3. The molecule has 4 aromatic carbocycles. The van der Waals surface area contributed by atoms with Crippen molar-refractivity contribution in [1.82, 2.24) is 10.2 Å². The zero-order chi connectivity index (χ0) is 33.3. The maximum atomic E-state index is 14.3. The summed E-state index contributed by atoms with van der Waals surface area (Å²) in [5.41, 5.74) is 3.11. The average Bonchev–Trinajstić information content (AvgIpc) is 3.05. The second-order valence-corrected chi connectivity index (χ2v) is 13.3. The van der Waals surface area contributed by atoms with Crippen LogP contribution in [0.5, 0.6) is 11.5 Å². The minimum atomic E-state index is -4.18. The number of para-hydroxylation sites is 1. The summed E-state index contributed by atoms with van der Waals surface area (Å²) in [6, 6.07) is 29.2. The normalized spacial score (nSPS) is 12.5. The molecule has 242 valence electrons. The van der Waals surface area contributed by atoms with E-state index in [9.17, 15) is 18.0 Å². The third-order valence-electron chi connectivity index (χ3n) is 7.85. The van der Waals surface area contributed by atoms with E-state index in [2.05, 4.69) is 5.32 Å². The van der Waals surface area contributed by atoms with E-state index in [1.165, 1.54) is 17.0 Å².